The van der Waals surface area contributed by atoms with E-state index >= 15 is 0 Å². The lowest BCUT2D eigenvalue weighted by atomic mass is 10.0. The van der Waals surface area contributed by atoms with E-state index in [-0.39, 0.29) is 11.8 Å². The van der Waals surface area contributed by atoms with Crippen LogP contribution in [0.1, 0.15) is 37.9 Å². The fraction of sp³-hybridized carbons (Fsp3) is 0.467. The molecule has 1 N–H and O–H groups in total. The summed E-state index contributed by atoms with van der Waals surface area (Å²) in [4.78, 5) is 16.5. The molecule has 0 aliphatic heterocycles. The minimum absolute atomic E-state index is 0.0999. The number of nitrogens with one attached hydrogen (secondary N) is 1. The van der Waals surface area contributed by atoms with Gasteiger partial charge in [0.1, 0.15) is 5.65 Å². The number of hydrogen-bond acceptors (Lipinski definition) is 2. The minimum atomic E-state index is 0.0999. The van der Waals surface area contributed by atoms with Gasteiger partial charge in [0.05, 0.1) is 12.2 Å². The molecular formula is C15H20BrN3O. The first-order valence-corrected chi connectivity index (χ1v) is 7.75. The Kier molecular flexibility index (Phi) is 4.81. The van der Waals surface area contributed by atoms with Gasteiger partial charge in [-0.25, -0.2) is 4.98 Å². The zero-order chi connectivity index (χ0) is 14.7. The number of aromatic nitrogens is 2. The third-order valence-corrected chi connectivity index (χ3v) is 3.99. The quantitative estimate of drug-likeness (QED) is 0.908. The lowest BCUT2D eigenvalue weighted by Gasteiger charge is -2.11. The van der Waals surface area contributed by atoms with Crippen molar-refractivity contribution in [2.75, 3.05) is 0 Å². The van der Waals surface area contributed by atoms with Crippen molar-refractivity contribution in [1.29, 1.82) is 0 Å². The Morgan fingerprint density at radius 2 is 2.10 bits per heavy atom. The number of halogens is 1. The fourth-order valence-corrected chi connectivity index (χ4v) is 2.91. The van der Waals surface area contributed by atoms with E-state index in [1.54, 1.807) is 0 Å². The summed E-state index contributed by atoms with van der Waals surface area (Å²) >= 11 is 3.47. The number of fused-ring (bicyclic) bond motifs is 1. The lowest BCUT2D eigenvalue weighted by molar-refractivity contribution is -0.125. The highest BCUT2D eigenvalue weighted by molar-refractivity contribution is 9.10. The molecule has 0 saturated heterocycles. The lowest BCUT2D eigenvalue weighted by Crippen LogP contribution is -2.29. The Balaban J connectivity index is 2.11. The van der Waals surface area contributed by atoms with E-state index in [9.17, 15) is 4.79 Å². The first-order valence-electron chi connectivity index (χ1n) is 6.96. The molecule has 2 aromatic rings. The monoisotopic (exact) mass is 337 g/mol. The van der Waals surface area contributed by atoms with Crippen molar-refractivity contribution in [2.45, 2.75) is 40.2 Å². The Labute approximate surface area is 127 Å². The number of imidazole rings is 1. The average Bonchev–Trinajstić information content (AvgIpc) is 2.81. The fourth-order valence-electron chi connectivity index (χ4n) is 2.34. The SMILES string of the molecule is CCC(CC)C(=O)NCc1cn2cc(Br)cc(C)c2n1. The maximum atomic E-state index is 12.0. The van der Waals surface area contributed by atoms with Gasteiger partial charge in [-0.2, -0.15) is 0 Å². The van der Waals surface area contributed by atoms with Crippen molar-refractivity contribution in [3.05, 3.63) is 34.2 Å². The van der Waals surface area contributed by atoms with Crippen molar-refractivity contribution in [2.24, 2.45) is 5.92 Å². The van der Waals surface area contributed by atoms with Gasteiger partial charge < -0.3 is 9.72 Å². The van der Waals surface area contributed by atoms with Gasteiger partial charge in [-0.3, -0.25) is 4.79 Å². The molecule has 0 unspecified atom stereocenters. The third kappa shape index (κ3) is 3.20. The topological polar surface area (TPSA) is 46.4 Å². The summed E-state index contributed by atoms with van der Waals surface area (Å²) in [6, 6.07) is 2.04. The normalized spacial score (nSPS) is 11.2. The number of carbonyl (C=O) groups is 1. The molecule has 4 nitrogen and oxygen atoms in total. The molecule has 2 heterocycles. The summed E-state index contributed by atoms with van der Waals surface area (Å²) in [5, 5.41) is 2.97. The highest BCUT2D eigenvalue weighted by Crippen LogP contribution is 2.17. The molecule has 0 spiro atoms. The molecule has 2 rings (SSSR count). The van der Waals surface area contributed by atoms with E-state index in [4.69, 9.17) is 0 Å². The van der Waals surface area contributed by atoms with Crippen LogP contribution in [-0.2, 0) is 11.3 Å². The number of nitrogens with zero attached hydrogens (tertiary/aromatic N) is 2. The van der Waals surface area contributed by atoms with Crippen LogP contribution >= 0.6 is 15.9 Å². The second kappa shape index (κ2) is 6.39. The molecule has 0 atom stereocenters. The van der Waals surface area contributed by atoms with Gasteiger partial charge in [-0.1, -0.05) is 13.8 Å². The molecule has 0 radical (unpaired) electrons. The van der Waals surface area contributed by atoms with Gasteiger partial charge in [0.25, 0.3) is 0 Å². The standard InChI is InChI=1S/C15H20BrN3O/c1-4-11(5-2)15(20)17-7-13-9-19-8-12(16)6-10(3)14(19)18-13/h6,8-9,11H,4-5,7H2,1-3H3,(H,17,20). The van der Waals surface area contributed by atoms with Gasteiger partial charge in [0.2, 0.25) is 5.91 Å². The van der Waals surface area contributed by atoms with Crippen LogP contribution < -0.4 is 5.32 Å². The zero-order valence-electron chi connectivity index (χ0n) is 12.1. The average molecular weight is 338 g/mol. The molecule has 0 aliphatic rings. The maximum absolute atomic E-state index is 12.0. The van der Waals surface area contributed by atoms with Crippen molar-refractivity contribution in [1.82, 2.24) is 14.7 Å². The molecule has 0 bridgehead atoms. The van der Waals surface area contributed by atoms with E-state index < -0.39 is 0 Å². The second-order valence-corrected chi connectivity index (χ2v) is 5.95. The number of carbonyl (C=O) groups excluding carboxylic acids is 1. The van der Waals surface area contributed by atoms with Crippen LogP contribution in [0.4, 0.5) is 0 Å². The maximum Gasteiger partial charge on any atom is 0.223 e. The summed E-state index contributed by atoms with van der Waals surface area (Å²) in [6.07, 6.45) is 5.68. The molecular weight excluding hydrogens is 318 g/mol. The number of aryl methyl sites for hydroxylation is 1. The predicted molar refractivity (Wildman–Crippen MR) is 83.5 cm³/mol. The highest BCUT2D eigenvalue weighted by Gasteiger charge is 2.14. The Morgan fingerprint density at radius 1 is 1.40 bits per heavy atom. The van der Waals surface area contributed by atoms with Crippen molar-refractivity contribution < 1.29 is 4.79 Å². The Morgan fingerprint density at radius 3 is 2.75 bits per heavy atom. The number of amides is 1. The van der Waals surface area contributed by atoms with Gasteiger partial charge in [0, 0.05) is 22.8 Å². The molecule has 108 valence electrons. The van der Waals surface area contributed by atoms with Crippen LogP contribution in [0.15, 0.2) is 22.9 Å². The molecule has 0 aliphatic carbocycles. The third-order valence-electron chi connectivity index (χ3n) is 3.55. The smallest absolute Gasteiger partial charge is 0.223 e. The Bertz CT molecular complexity index is 617. The molecule has 2 aromatic heterocycles. The van der Waals surface area contributed by atoms with Gasteiger partial charge in [-0.05, 0) is 47.3 Å². The van der Waals surface area contributed by atoms with E-state index in [1.807, 2.05) is 43.6 Å². The van der Waals surface area contributed by atoms with Crippen molar-refractivity contribution in [3.8, 4) is 0 Å². The van der Waals surface area contributed by atoms with E-state index in [1.165, 1.54) is 0 Å². The highest BCUT2D eigenvalue weighted by atomic mass is 79.9. The van der Waals surface area contributed by atoms with Crippen LogP contribution in [0.25, 0.3) is 5.65 Å². The first-order chi connectivity index (χ1) is 9.55. The molecule has 1 amide bonds. The molecule has 20 heavy (non-hydrogen) atoms. The van der Waals surface area contributed by atoms with E-state index in [0.717, 1.165) is 34.2 Å². The first kappa shape index (κ1) is 15.0. The zero-order valence-corrected chi connectivity index (χ0v) is 13.7. The molecule has 0 saturated carbocycles. The van der Waals surface area contributed by atoms with E-state index in [0.29, 0.717) is 6.54 Å². The second-order valence-electron chi connectivity index (χ2n) is 5.04. The van der Waals surface area contributed by atoms with Crippen LogP contribution in [0.3, 0.4) is 0 Å². The summed E-state index contributed by atoms with van der Waals surface area (Å²) in [5.41, 5.74) is 2.92. The van der Waals surface area contributed by atoms with Gasteiger partial charge in [0.15, 0.2) is 0 Å². The molecule has 0 aromatic carbocycles. The predicted octanol–water partition coefficient (Wildman–Crippen LogP) is 3.46. The van der Waals surface area contributed by atoms with Crippen LogP contribution in [0.2, 0.25) is 0 Å². The molecule has 0 fully saturated rings. The van der Waals surface area contributed by atoms with Crippen LogP contribution in [0.5, 0.6) is 0 Å². The van der Waals surface area contributed by atoms with Crippen LogP contribution in [-0.4, -0.2) is 15.3 Å². The minimum Gasteiger partial charge on any atom is -0.350 e. The van der Waals surface area contributed by atoms with Crippen molar-refractivity contribution >= 4 is 27.5 Å². The summed E-state index contributed by atoms with van der Waals surface area (Å²) in [7, 11) is 0. The summed E-state index contributed by atoms with van der Waals surface area (Å²) in [6.45, 7) is 6.59. The number of rotatable bonds is 5. The summed E-state index contributed by atoms with van der Waals surface area (Å²) in [5.74, 6) is 0.216. The van der Waals surface area contributed by atoms with E-state index in [2.05, 4.69) is 26.2 Å². The van der Waals surface area contributed by atoms with Gasteiger partial charge >= 0.3 is 0 Å². The Hall–Kier alpha value is -1.36. The number of pyridine rings is 1. The van der Waals surface area contributed by atoms with Crippen LogP contribution in [0, 0.1) is 12.8 Å². The number of hydrogen-bond donors (Lipinski definition) is 1. The van der Waals surface area contributed by atoms with Crippen molar-refractivity contribution in [3.63, 3.8) is 0 Å². The van der Waals surface area contributed by atoms with Gasteiger partial charge in [-0.15, -0.1) is 0 Å². The summed E-state index contributed by atoms with van der Waals surface area (Å²) < 4.78 is 3.01. The largest absolute Gasteiger partial charge is 0.350 e. The molecule has 5 heteroatoms.